The number of carbonyl (C=O) groups excluding carboxylic acids is 1. The number of sulfonamides is 1. The summed E-state index contributed by atoms with van der Waals surface area (Å²) in [7, 11) is -3.56. The Morgan fingerprint density at radius 3 is 2.69 bits per heavy atom. The van der Waals surface area contributed by atoms with E-state index >= 15 is 0 Å². The van der Waals surface area contributed by atoms with E-state index in [1.165, 1.54) is 18.3 Å². The van der Waals surface area contributed by atoms with Crippen molar-refractivity contribution in [2.45, 2.75) is 0 Å². The molecule has 3 N–H and O–H groups in total. The molecule has 0 aromatic carbocycles. The maximum absolute atomic E-state index is 11.4. The van der Waals surface area contributed by atoms with E-state index < -0.39 is 15.9 Å². The molecule has 8 heteroatoms. The van der Waals surface area contributed by atoms with Gasteiger partial charge >= 0.3 is 0 Å². The van der Waals surface area contributed by atoms with Crippen LogP contribution in [-0.4, -0.2) is 31.6 Å². The molecule has 0 unspecified atom stereocenters. The van der Waals surface area contributed by atoms with Crippen LogP contribution in [0.2, 0.25) is 5.15 Å². The summed E-state index contributed by atoms with van der Waals surface area (Å²) in [6.45, 7) is -0.0414. The zero-order valence-corrected chi connectivity index (χ0v) is 9.75. The molecule has 0 saturated carbocycles. The second-order valence-electron chi connectivity index (χ2n) is 2.99. The average Bonchev–Trinajstić information content (AvgIpc) is 2.16. The Morgan fingerprint density at radius 2 is 2.19 bits per heavy atom. The lowest BCUT2D eigenvalue weighted by Crippen LogP contribution is -2.31. The molecule has 0 atom stereocenters. The number of aromatic nitrogens is 1. The summed E-state index contributed by atoms with van der Waals surface area (Å²) in [5, 5.41) is 7.44. The number of amides is 1. The molecule has 16 heavy (non-hydrogen) atoms. The van der Waals surface area contributed by atoms with Crippen LogP contribution in [0, 0.1) is 0 Å². The van der Waals surface area contributed by atoms with Crippen LogP contribution in [0.3, 0.4) is 0 Å². The van der Waals surface area contributed by atoms with Gasteiger partial charge in [0.05, 0.1) is 11.3 Å². The second kappa shape index (κ2) is 5.24. The summed E-state index contributed by atoms with van der Waals surface area (Å²) >= 11 is 5.54. The Kier molecular flexibility index (Phi) is 4.22. The number of carbonyl (C=O) groups is 1. The van der Waals surface area contributed by atoms with Crippen LogP contribution in [-0.2, 0) is 10.0 Å². The Hall–Kier alpha value is -1.18. The topological polar surface area (TPSA) is 102 Å². The number of hydrogen-bond donors (Lipinski definition) is 2. The fourth-order valence-electron chi connectivity index (χ4n) is 0.919. The van der Waals surface area contributed by atoms with Gasteiger partial charge in [0.25, 0.3) is 5.91 Å². The molecule has 1 rings (SSSR count). The van der Waals surface area contributed by atoms with Crippen molar-refractivity contribution < 1.29 is 13.2 Å². The van der Waals surface area contributed by atoms with E-state index in [0.717, 1.165) is 0 Å². The van der Waals surface area contributed by atoms with E-state index in [2.05, 4.69) is 10.3 Å². The molecule has 0 aliphatic heterocycles. The van der Waals surface area contributed by atoms with Gasteiger partial charge in [-0.3, -0.25) is 4.79 Å². The van der Waals surface area contributed by atoms with Crippen LogP contribution in [0.5, 0.6) is 0 Å². The van der Waals surface area contributed by atoms with E-state index in [1.54, 1.807) is 0 Å². The predicted molar refractivity (Wildman–Crippen MR) is 59.6 cm³/mol. The lowest BCUT2D eigenvalue weighted by atomic mass is 10.3. The third kappa shape index (κ3) is 4.56. The molecule has 0 aliphatic carbocycles. The molecule has 1 amide bonds. The molecule has 0 fully saturated rings. The highest BCUT2D eigenvalue weighted by atomic mass is 35.5. The van der Waals surface area contributed by atoms with Crippen molar-refractivity contribution in [3.05, 3.63) is 29.0 Å². The monoisotopic (exact) mass is 263 g/mol. The van der Waals surface area contributed by atoms with Gasteiger partial charge in [-0.25, -0.2) is 18.5 Å². The van der Waals surface area contributed by atoms with Crippen molar-refractivity contribution >= 4 is 27.5 Å². The summed E-state index contributed by atoms with van der Waals surface area (Å²) in [5.41, 5.74) is 0.304. The van der Waals surface area contributed by atoms with Crippen LogP contribution in [0.1, 0.15) is 10.4 Å². The van der Waals surface area contributed by atoms with Crippen molar-refractivity contribution in [3.8, 4) is 0 Å². The quantitative estimate of drug-likeness (QED) is 0.732. The Balaban J connectivity index is 2.50. The second-order valence-corrected chi connectivity index (χ2v) is 5.11. The Labute approximate surface area is 97.9 Å². The van der Waals surface area contributed by atoms with Gasteiger partial charge < -0.3 is 5.32 Å². The van der Waals surface area contributed by atoms with E-state index in [-0.39, 0.29) is 17.5 Å². The molecular weight excluding hydrogens is 254 g/mol. The Bertz CT molecular complexity index is 472. The zero-order valence-electron chi connectivity index (χ0n) is 8.18. The van der Waals surface area contributed by atoms with Gasteiger partial charge in [0.2, 0.25) is 10.0 Å². The fraction of sp³-hybridized carbons (Fsp3) is 0.250. The number of nitrogens with zero attached hydrogens (tertiary/aromatic N) is 1. The van der Waals surface area contributed by atoms with Crippen molar-refractivity contribution in [3.63, 3.8) is 0 Å². The van der Waals surface area contributed by atoms with Gasteiger partial charge in [-0.05, 0) is 12.1 Å². The third-order valence-corrected chi connectivity index (χ3v) is 2.66. The third-order valence-electron chi connectivity index (χ3n) is 1.66. The zero-order chi connectivity index (χ0) is 12.2. The predicted octanol–water partition coefficient (Wildman–Crippen LogP) is -0.247. The number of rotatable bonds is 4. The highest BCUT2D eigenvalue weighted by molar-refractivity contribution is 7.89. The average molecular weight is 264 g/mol. The normalized spacial score (nSPS) is 11.1. The number of nitrogens with two attached hydrogens (primary N) is 1. The first-order chi connectivity index (χ1) is 7.38. The molecule has 0 bridgehead atoms. The molecule has 1 aromatic rings. The molecular formula is C8H10ClN3O3S. The van der Waals surface area contributed by atoms with Gasteiger partial charge in [0.15, 0.2) is 0 Å². The Morgan fingerprint density at radius 1 is 1.50 bits per heavy atom. The van der Waals surface area contributed by atoms with Gasteiger partial charge in [-0.2, -0.15) is 0 Å². The number of nitrogens with one attached hydrogen (secondary N) is 1. The fourth-order valence-corrected chi connectivity index (χ4v) is 1.42. The molecule has 1 aromatic heterocycles. The summed E-state index contributed by atoms with van der Waals surface area (Å²) in [5.74, 6) is -0.729. The molecule has 6 nitrogen and oxygen atoms in total. The van der Waals surface area contributed by atoms with Crippen LogP contribution in [0.25, 0.3) is 0 Å². The van der Waals surface area contributed by atoms with Crippen LogP contribution in [0.4, 0.5) is 0 Å². The molecule has 88 valence electrons. The van der Waals surface area contributed by atoms with E-state index in [9.17, 15) is 13.2 Å². The summed E-state index contributed by atoms with van der Waals surface area (Å²) in [6.07, 6.45) is 1.30. The van der Waals surface area contributed by atoms with Crippen LogP contribution >= 0.6 is 11.6 Å². The molecule has 1 heterocycles. The first-order valence-electron chi connectivity index (χ1n) is 4.29. The SMILES string of the molecule is NS(=O)(=O)CCNC(=O)c1ccc(Cl)nc1. The minimum Gasteiger partial charge on any atom is -0.351 e. The minimum absolute atomic E-state index is 0.0414. The highest BCUT2D eigenvalue weighted by Gasteiger charge is 2.07. The van der Waals surface area contributed by atoms with E-state index in [1.807, 2.05) is 0 Å². The van der Waals surface area contributed by atoms with Gasteiger partial charge in [-0.15, -0.1) is 0 Å². The highest BCUT2D eigenvalue weighted by Crippen LogP contribution is 2.04. The summed E-state index contributed by atoms with van der Waals surface area (Å²) in [4.78, 5) is 15.1. The van der Waals surface area contributed by atoms with Crippen LogP contribution < -0.4 is 10.5 Å². The smallest absolute Gasteiger partial charge is 0.252 e. The summed E-state index contributed by atoms with van der Waals surface area (Å²) < 4.78 is 21.2. The lowest BCUT2D eigenvalue weighted by molar-refractivity contribution is 0.0956. The minimum atomic E-state index is -3.56. The van der Waals surface area contributed by atoms with Crippen molar-refractivity contribution in [1.29, 1.82) is 0 Å². The van der Waals surface area contributed by atoms with Crippen molar-refractivity contribution in [1.82, 2.24) is 10.3 Å². The summed E-state index contributed by atoms with van der Waals surface area (Å²) in [6, 6.07) is 2.96. The van der Waals surface area contributed by atoms with E-state index in [0.29, 0.717) is 5.56 Å². The largest absolute Gasteiger partial charge is 0.351 e. The number of pyridine rings is 1. The van der Waals surface area contributed by atoms with Crippen molar-refractivity contribution in [2.24, 2.45) is 5.14 Å². The molecule has 0 aliphatic rings. The molecule has 0 saturated heterocycles. The lowest BCUT2D eigenvalue weighted by Gasteiger charge is -2.03. The van der Waals surface area contributed by atoms with Gasteiger partial charge in [-0.1, -0.05) is 11.6 Å². The number of hydrogen-bond acceptors (Lipinski definition) is 4. The molecule has 0 spiro atoms. The van der Waals surface area contributed by atoms with Gasteiger partial charge in [0.1, 0.15) is 5.15 Å². The first kappa shape index (κ1) is 12.9. The maximum atomic E-state index is 11.4. The maximum Gasteiger partial charge on any atom is 0.252 e. The standard InChI is InChI=1S/C8H10ClN3O3S/c9-7-2-1-6(5-12-7)8(13)11-3-4-16(10,14)15/h1-2,5H,3-4H2,(H,11,13)(H2,10,14,15). The van der Waals surface area contributed by atoms with E-state index in [4.69, 9.17) is 16.7 Å². The number of primary sulfonamides is 1. The van der Waals surface area contributed by atoms with Crippen LogP contribution in [0.15, 0.2) is 18.3 Å². The van der Waals surface area contributed by atoms with Crippen molar-refractivity contribution in [2.75, 3.05) is 12.3 Å². The first-order valence-corrected chi connectivity index (χ1v) is 6.38. The molecule has 0 radical (unpaired) electrons. The number of halogens is 1. The van der Waals surface area contributed by atoms with Gasteiger partial charge in [0, 0.05) is 12.7 Å².